The Morgan fingerprint density at radius 1 is 1.47 bits per heavy atom. The van der Waals surface area contributed by atoms with Crippen LogP contribution in [-0.4, -0.2) is 17.1 Å². The summed E-state index contributed by atoms with van der Waals surface area (Å²) in [6.07, 6.45) is 0.514. The van der Waals surface area contributed by atoms with Crippen molar-refractivity contribution in [1.82, 2.24) is 9.97 Å². The zero-order valence-corrected chi connectivity index (χ0v) is 12.6. The molecule has 6 heteroatoms. The molecule has 0 saturated heterocycles. The van der Waals surface area contributed by atoms with Crippen molar-refractivity contribution in [3.05, 3.63) is 61.2 Å². The van der Waals surface area contributed by atoms with Crippen molar-refractivity contribution in [2.75, 3.05) is 7.11 Å². The standard InChI is InChI=1S/C13H12BrClN2O2/c1-19-7-10-12(14)13(18)17-11(16-10)6-8-3-2-4-9(15)5-8/h2-5H,6-7H2,1H3,(H,16,17,18). The molecule has 0 aliphatic heterocycles. The van der Waals surface area contributed by atoms with Crippen molar-refractivity contribution in [2.45, 2.75) is 13.0 Å². The van der Waals surface area contributed by atoms with Gasteiger partial charge in [0, 0.05) is 18.6 Å². The maximum atomic E-state index is 11.8. The molecule has 2 rings (SSSR count). The Morgan fingerprint density at radius 3 is 2.95 bits per heavy atom. The number of hydrogen-bond donors (Lipinski definition) is 1. The van der Waals surface area contributed by atoms with Crippen molar-refractivity contribution in [3.63, 3.8) is 0 Å². The van der Waals surface area contributed by atoms with Gasteiger partial charge in [0.15, 0.2) is 0 Å². The molecule has 1 aromatic carbocycles. The van der Waals surface area contributed by atoms with E-state index in [9.17, 15) is 4.79 Å². The van der Waals surface area contributed by atoms with E-state index in [-0.39, 0.29) is 12.2 Å². The fraction of sp³-hybridized carbons (Fsp3) is 0.231. The number of nitrogens with one attached hydrogen (secondary N) is 1. The quantitative estimate of drug-likeness (QED) is 0.928. The van der Waals surface area contributed by atoms with E-state index in [1.807, 2.05) is 18.2 Å². The lowest BCUT2D eigenvalue weighted by Crippen LogP contribution is -2.16. The molecule has 0 bridgehead atoms. The van der Waals surface area contributed by atoms with Gasteiger partial charge in [0.1, 0.15) is 10.3 Å². The predicted molar refractivity (Wildman–Crippen MR) is 77.5 cm³/mol. The van der Waals surface area contributed by atoms with Crippen LogP contribution in [0.15, 0.2) is 33.5 Å². The van der Waals surface area contributed by atoms with Crippen LogP contribution in [-0.2, 0) is 17.8 Å². The minimum atomic E-state index is -0.209. The molecule has 1 N–H and O–H groups in total. The molecule has 0 aliphatic carbocycles. The van der Waals surface area contributed by atoms with Crippen LogP contribution >= 0.6 is 27.5 Å². The largest absolute Gasteiger partial charge is 0.378 e. The van der Waals surface area contributed by atoms with Gasteiger partial charge in [0.05, 0.1) is 12.3 Å². The second-order valence-electron chi connectivity index (χ2n) is 4.01. The fourth-order valence-electron chi connectivity index (χ4n) is 1.71. The van der Waals surface area contributed by atoms with E-state index in [0.29, 0.717) is 27.4 Å². The van der Waals surface area contributed by atoms with E-state index in [4.69, 9.17) is 16.3 Å². The second-order valence-corrected chi connectivity index (χ2v) is 5.24. The van der Waals surface area contributed by atoms with Gasteiger partial charge in [0.2, 0.25) is 0 Å². The molecule has 4 nitrogen and oxygen atoms in total. The molecular formula is C13H12BrClN2O2. The number of H-pyrrole nitrogens is 1. The molecule has 0 aliphatic rings. The van der Waals surface area contributed by atoms with E-state index in [1.165, 1.54) is 0 Å². The SMILES string of the molecule is COCc1nc(Cc2cccc(Cl)c2)[nH]c(=O)c1Br. The molecule has 0 atom stereocenters. The number of halogens is 2. The summed E-state index contributed by atoms with van der Waals surface area (Å²) < 4.78 is 5.43. The van der Waals surface area contributed by atoms with E-state index in [2.05, 4.69) is 25.9 Å². The summed E-state index contributed by atoms with van der Waals surface area (Å²) in [5, 5.41) is 0.661. The van der Waals surface area contributed by atoms with Crippen molar-refractivity contribution in [1.29, 1.82) is 0 Å². The number of ether oxygens (including phenoxy) is 1. The first kappa shape index (κ1) is 14.2. The van der Waals surface area contributed by atoms with Crippen LogP contribution in [0.3, 0.4) is 0 Å². The Kier molecular flexibility index (Phi) is 4.74. The van der Waals surface area contributed by atoms with Crippen molar-refractivity contribution in [3.8, 4) is 0 Å². The highest BCUT2D eigenvalue weighted by Gasteiger charge is 2.09. The normalized spacial score (nSPS) is 10.7. The van der Waals surface area contributed by atoms with Gasteiger partial charge in [-0.05, 0) is 33.6 Å². The molecule has 1 heterocycles. The lowest BCUT2D eigenvalue weighted by molar-refractivity contribution is 0.180. The van der Waals surface area contributed by atoms with Crippen LogP contribution in [0.5, 0.6) is 0 Å². The summed E-state index contributed by atoms with van der Waals surface area (Å²) in [6.45, 7) is 0.285. The van der Waals surface area contributed by atoms with Crippen LogP contribution < -0.4 is 5.56 Å². The van der Waals surface area contributed by atoms with Gasteiger partial charge in [-0.1, -0.05) is 23.7 Å². The van der Waals surface area contributed by atoms with E-state index >= 15 is 0 Å². The van der Waals surface area contributed by atoms with Gasteiger partial charge >= 0.3 is 0 Å². The monoisotopic (exact) mass is 342 g/mol. The fourth-order valence-corrected chi connectivity index (χ4v) is 2.23. The second kappa shape index (κ2) is 6.32. The third kappa shape index (κ3) is 3.65. The number of benzene rings is 1. The molecule has 0 saturated carbocycles. The number of aromatic amines is 1. The average Bonchev–Trinajstić information content (AvgIpc) is 2.35. The highest BCUT2D eigenvalue weighted by Crippen LogP contribution is 2.14. The first-order valence-corrected chi connectivity index (χ1v) is 6.78. The average molecular weight is 344 g/mol. The number of methoxy groups -OCH3 is 1. The molecule has 0 unspecified atom stereocenters. The molecule has 0 radical (unpaired) electrons. The maximum Gasteiger partial charge on any atom is 0.265 e. The molecule has 100 valence electrons. The molecule has 2 aromatic rings. The summed E-state index contributed by atoms with van der Waals surface area (Å²) in [4.78, 5) is 18.9. The van der Waals surface area contributed by atoms with Crippen LogP contribution in [0, 0.1) is 0 Å². The molecule has 1 aromatic heterocycles. The maximum absolute atomic E-state index is 11.8. The number of hydrogen-bond acceptors (Lipinski definition) is 3. The topological polar surface area (TPSA) is 55.0 Å². The van der Waals surface area contributed by atoms with Gasteiger partial charge in [-0.3, -0.25) is 4.79 Å². The van der Waals surface area contributed by atoms with Crippen LogP contribution in [0.1, 0.15) is 17.1 Å². The van der Waals surface area contributed by atoms with Crippen molar-refractivity contribution < 1.29 is 4.74 Å². The van der Waals surface area contributed by atoms with Gasteiger partial charge in [-0.2, -0.15) is 0 Å². The molecular weight excluding hydrogens is 332 g/mol. The zero-order chi connectivity index (χ0) is 13.8. The van der Waals surface area contributed by atoms with Crippen molar-refractivity contribution in [2.24, 2.45) is 0 Å². The Bertz CT molecular complexity index is 643. The third-order valence-corrected chi connectivity index (χ3v) is 3.58. The smallest absolute Gasteiger partial charge is 0.265 e. The Labute approximate surface area is 123 Å². The van der Waals surface area contributed by atoms with E-state index in [1.54, 1.807) is 13.2 Å². The molecule has 19 heavy (non-hydrogen) atoms. The Hall–Kier alpha value is -1.17. The Balaban J connectivity index is 2.33. The summed E-state index contributed by atoms with van der Waals surface area (Å²) in [6, 6.07) is 7.45. The van der Waals surface area contributed by atoms with E-state index < -0.39 is 0 Å². The highest BCUT2D eigenvalue weighted by molar-refractivity contribution is 9.10. The summed E-state index contributed by atoms with van der Waals surface area (Å²) >= 11 is 9.13. The number of nitrogens with zero attached hydrogens (tertiary/aromatic N) is 1. The third-order valence-electron chi connectivity index (χ3n) is 2.52. The number of aromatic nitrogens is 2. The van der Waals surface area contributed by atoms with Crippen LogP contribution in [0.25, 0.3) is 0 Å². The predicted octanol–water partition coefficient (Wildman–Crippen LogP) is 2.92. The van der Waals surface area contributed by atoms with Gasteiger partial charge in [-0.15, -0.1) is 0 Å². The zero-order valence-electron chi connectivity index (χ0n) is 10.2. The van der Waals surface area contributed by atoms with Gasteiger partial charge in [-0.25, -0.2) is 4.98 Å². The lowest BCUT2D eigenvalue weighted by Gasteiger charge is -2.06. The lowest BCUT2D eigenvalue weighted by atomic mass is 10.1. The van der Waals surface area contributed by atoms with Gasteiger partial charge < -0.3 is 9.72 Å². The first-order chi connectivity index (χ1) is 9.10. The summed E-state index contributed by atoms with van der Waals surface area (Å²) in [5.41, 5.74) is 1.36. The minimum absolute atomic E-state index is 0.209. The van der Waals surface area contributed by atoms with Crippen molar-refractivity contribution >= 4 is 27.5 Å². The van der Waals surface area contributed by atoms with E-state index in [0.717, 1.165) is 5.56 Å². The van der Waals surface area contributed by atoms with Crippen LogP contribution in [0.2, 0.25) is 5.02 Å². The van der Waals surface area contributed by atoms with Crippen LogP contribution in [0.4, 0.5) is 0 Å². The molecule has 0 spiro atoms. The molecule has 0 amide bonds. The Morgan fingerprint density at radius 2 is 2.26 bits per heavy atom. The summed E-state index contributed by atoms with van der Waals surface area (Å²) in [5.74, 6) is 0.586. The minimum Gasteiger partial charge on any atom is -0.378 e. The first-order valence-electron chi connectivity index (χ1n) is 5.61. The number of rotatable bonds is 4. The van der Waals surface area contributed by atoms with Gasteiger partial charge in [0.25, 0.3) is 5.56 Å². The summed E-state index contributed by atoms with van der Waals surface area (Å²) in [7, 11) is 1.56. The highest BCUT2D eigenvalue weighted by atomic mass is 79.9. The molecule has 0 fully saturated rings.